The van der Waals surface area contributed by atoms with Crippen LogP contribution in [0.3, 0.4) is 0 Å². The molecule has 9 heteroatoms. The van der Waals surface area contributed by atoms with Gasteiger partial charge in [0.15, 0.2) is 5.69 Å². The van der Waals surface area contributed by atoms with Crippen LogP contribution in [0.5, 0.6) is 11.6 Å². The van der Waals surface area contributed by atoms with Gasteiger partial charge in [-0.05, 0) is 48.4 Å². The second-order valence-corrected chi connectivity index (χ2v) is 7.06. The summed E-state index contributed by atoms with van der Waals surface area (Å²) in [5.74, 6) is -1.31. The molecule has 3 rings (SSSR count). The number of hydrogen-bond acceptors (Lipinski definition) is 5. The molecule has 2 aromatic carbocycles. The van der Waals surface area contributed by atoms with Crippen molar-refractivity contribution in [1.29, 1.82) is 0 Å². The first-order valence-corrected chi connectivity index (χ1v) is 9.38. The van der Waals surface area contributed by atoms with Crippen molar-refractivity contribution in [2.24, 2.45) is 0 Å². The summed E-state index contributed by atoms with van der Waals surface area (Å²) in [6.07, 6.45) is -0.320. The largest absolute Gasteiger partial charge is 0.497 e. The van der Waals surface area contributed by atoms with E-state index in [0.717, 1.165) is 5.56 Å². The Bertz CT molecular complexity index is 1100. The summed E-state index contributed by atoms with van der Waals surface area (Å²) in [4.78, 5) is 24.1. The molecule has 1 unspecified atom stereocenters. The monoisotopic (exact) mass is 429 g/mol. The van der Waals surface area contributed by atoms with Crippen LogP contribution in [0.4, 0.5) is 0 Å². The van der Waals surface area contributed by atoms with Crippen LogP contribution in [0.1, 0.15) is 34.1 Å². The van der Waals surface area contributed by atoms with Gasteiger partial charge in [-0.15, -0.1) is 0 Å². The van der Waals surface area contributed by atoms with Gasteiger partial charge in [0.2, 0.25) is 5.88 Å². The number of amides is 1. The standard InChI is InChI=1S/C21H20ClN3O5/c1-12-8-15(30-2)6-7-16(12)17(11-20(27)28)23-21(29)18-10-19(26)25(24-18)14-5-3-4-13(22)9-14/h3-10,17,26H,11H2,1-2H3,(H,23,29)(H,27,28). The summed E-state index contributed by atoms with van der Waals surface area (Å²) in [5, 5.41) is 26.8. The van der Waals surface area contributed by atoms with Crippen molar-refractivity contribution < 1.29 is 24.5 Å². The molecule has 1 aromatic heterocycles. The smallest absolute Gasteiger partial charge is 0.305 e. The molecule has 3 aromatic rings. The number of carbonyl (C=O) groups excluding carboxylic acids is 1. The Morgan fingerprint density at radius 1 is 1.23 bits per heavy atom. The normalized spacial score (nSPS) is 11.7. The van der Waals surface area contributed by atoms with Gasteiger partial charge in [-0.25, -0.2) is 4.68 Å². The van der Waals surface area contributed by atoms with Gasteiger partial charge in [-0.1, -0.05) is 23.7 Å². The van der Waals surface area contributed by atoms with Crippen LogP contribution in [0.2, 0.25) is 5.02 Å². The lowest BCUT2D eigenvalue weighted by atomic mass is 9.98. The van der Waals surface area contributed by atoms with Gasteiger partial charge >= 0.3 is 5.97 Å². The lowest BCUT2D eigenvalue weighted by Gasteiger charge is -2.19. The van der Waals surface area contributed by atoms with Crippen molar-refractivity contribution >= 4 is 23.5 Å². The fourth-order valence-corrected chi connectivity index (χ4v) is 3.28. The molecule has 0 aliphatic heterocycles. The molecule has 0 aliphatic carbocycles. The van der Waals surface area contributed by atoms with E-state index in [1.807, 2.05) is 0 Å². The number of carboxylic acids is 1. The number of aliphatic carboxylic acids is 1. The highest BCUT2D eigenvalue weighted by molar-refractivity contribution is 6.30. The molecule has 0 saturated heterocycles. The van der Waals surface area contributed by atoms with Gasteiger partial charge in [0.1, 0.15) is 5.75 Å². The van der Waals surface area contributed by atoms with Crippen LogP contribution < -0.4 is 10.1 Å². The highest BCUT2D eigenvalue weighted by Crippen LogP contribution is 2.26. The Labute approximate surface area is 177 Å². The van der Waals surface area contributed by atoms with Gasteiger partial charge in [0.25, 0.3) is 5.91 Å². The van der Waals surface area contributed by atoms with E-state index in [1.54, 1.807) is 49.4 Å². The average Bonchev–Trinajstić information content (AvgIpc) is 3.09. The Morgan fingerprint density at radius 2 is 2.00 bits per heavy atom. The predicted molar refractivity (Wildman–Crippen MR) is 110 cm³/mol. The summed E-state index contributed by atoms with van der Waals surface area (Å²) < 4.78 is 6.35. The quantitative estimate of drug-likeness (QED) is 0.529. The Balaban J connectivity index is 1.88. The topological polar surface area (TPSA) is 114 Å². The van der Waals surface area contributed by atoms with Gasteiger partial charge in [-0.2, -0.15) is 5.10 Å². The molecule has 3 N–H and O–H groups in total. The number of benzene rings is 2. The molecule has 1 amide bonds. The summed E-state index contributed by atoms with van der Waals surface area (Å²) in [5.41, 5.74) is 1.83. The minimum Gasteiger partial charge on any atom is -0.497 e. The Morgan fingerprint density at radius 3 is 2.63 bits per heavy atom. The van der Waals surface area contributed by atoms with Gasteiger partial charge in [-0.3, -0.25) is 9.59 Å². The minimum atomic E-state index is -1.07. The molecule has 8 nitrogen and oxygen atoms in total. The fourth-order valence-electron chi connectivity index (χ4n) is 3.09. The zero-order valence-corrected chi connectivity index (χ0v) is 17.1. The number of aromatic nitrogens is 2. The van der Waals surface area contributed by atoms with Crippen LogP contribution in [0.25, 0.3) is 5.69 Å². The summed E-state index contributed by atoms with van der Waals surface area (Å²) >= 11 is 5.97. The van der Waals surface area contributed by atoms with E-state index in [2.05, 4.69) is 10.4 Å². The zero-order chi connectivity index (χ0) is 21.8. The van der Waals surface area contributed by atoms with E-state index >= 15 is 0 Å². The van der Waals surface area contributed by atoms with Crippen molar-refractivity contribution in [3.05, 3.63) is 70.4 Å². The molecule has 0 aliphatic rings. The van der Waals surface area contributed by atoms with E-state index in [4.69, 9.17) is 16.3 Å². The van der Waals surface area contributed by atoms with Crippen molar-refractivity contribution in [2.75, 3.05) is 7.11 Å². The molecule has 156 valence electrons. The second kappa shape index (κ2) is 8.87. The second-order valence-electron chi connectivity index (χ2n) is 6.63. The van der Waals surface area contributed by atoms with Gasteiger partial charge < -0.3 is 20.3 Å². The van der Waals surface area contributed by atoms with Crippen LogP contribution in [-0.4, -0.2) is 39.0 Å². The van der Waals surface area contributed by atoms with E-state index in [9.17, 15) is 19.8 Å². The van der Waals surface area contributed by atoms with Crippen molar-refractivity contribution in [1.82, 2.24) is 15.1 Å². The van der Waals surface area contributed by atoms with Gasteiger partial charge in [0, 0.05) is 11.1 Å². The predicted octanol–water partition coefficient (Wildman–Crippen LogP) is 3.49. The van der Waals surface area contributed by atoms with E-state index < -0.39 is 17.9 Å². The highest BCUT2D eigenvalue weighted by atomic mass is 35.5. The van der Waals surface area contributed by atoms with Crippen LogP contribution >= 0.6 is 11.6 Å². The molecule has 1 atom stereocenters. The first-order chi connectivity index (χ1) is 14.3. The highest BCUT2D eigenvalue weighted by Gasteiger charge is 2.23. The lowest BCUT2D eigenvalue weighted by Crippen LogP contribution is -2.31. The molecule has 0 spiro atoms. The van der Waals surface area contributed by atoms with Crippen LogP contribution in [0.15, 0.2) is 48.5 Å². The van der Waals surface area contributed by atoms with E-state index in [0.29, 0.717) is 22.0 Å². The maximum absolute atomic E-state index is 12.8. The van der Waals surface area contributed by atoms with Crippen molar-refractivity contribution in [3.63, 3.8) is 0 Å². The number of nitrogens with one attached hydrogen (secondary N) is 1. The third-order valence-corrected chi connectivity index (χ3v) is 4.75. The Hall–Kier alpha value is -3.52. The maximum atomic E-state index is 12.8. The summed E-state index contributed by atoms with van der Waals surface area (Å²) in [6, 6.07) is 12.2. The third kappa shape index (κ3) is 4.72. The fraction of sp³-hybridized carbons (Fsp3) is 0.190. The first kappa shape index (κ1) is 21.2. The number of halogens is 1. The van der Waals surface area contributed by atoms with E-state index in [-0.39, 0.29) is 18.0 Å². The molecule has 30 heavy (non-hydrogen) atoms. The third-order valence-electron chi connectivity index (χ3n) is 4.51. The van der Waals surface area contributed by atoms with Crippen LogP contribution in [-0.2, 0) is 4.79 Å². The lowest BCUT2D eigenvalue weighted by molar-refractivity contribution is -0.137. The minimum absolute atomic E-state index is 0.0611. The molecular formula is C21H20ClN3O5. The van der Waals surface area contributed by atoms with Crippen molar-refractivity contribution in [2.45, 2.75) is 19.4 Å². The number of aromatic hydroxyl groups is 1. The maximum Gasteiger partial charge on any atom is 0.305 e. The van der Waals surface area contributed by atoms with Gasteiger partial charge in [0.05, 0.1) is 25.3 Å². The molecule has 0 radical (unpaired) electrons. The van der Waals surface area contributed by atoms with Crippen molar-refractivity contribution in [3.8, 4) is 17.3 Å². The zero-order valence-electron chi connectivity index (χ0n) is 16.3. The molecule has 0 saturated carbocycles. The molecular weight excluding hydrogens is 410 g/mol. The first-order valence-electron chi connectivity index (χ1n) is 9.00. The van der Waals surface area contributed by atoms with Crippen LogP contribution in [0, 0.1) is 6.92 Å². The molecule has 0 fully saturated rings. The number of ether oxygens (including phenoxy) is 1. The number of carbonyl (C=O) groups is 2. The average molecular weight is 430 g/mol. The summed E-state index contributed by atoms with van der Waals surface area (Å²) in [6.45, 7) is 1.80. The number of rotatable bonds is 7. The number of nitrogens with zero attached hydrogens (tertiary/aromatic N) is 2. The molecule has 1 heterocycles. The number of carboxylic acid groups (broad SMARTS) is 1. The Kier molecular flexibility index (Phi) is 6.27. The number of methoxy groups -OCH3 is 1. The summed E-state index contributed by atoms with van der Waals surface area (Å²) in [7, 11) is 1.54. The SMILES string of the molecule is COc1ccc(C(CC(=O)O)NC(=O)c2cc(O)n(-c3cccc(Cl)c3)n2)c(C)c1. The van der Waals surface area contributed by atoms with E-state index in [1.165, 1.54) is 17.9 Å². The molecule has 0 bridgehead atoms. The number of aryl methyl sites for hydroxylation is 1. The number of hydrogen-bond donors (Lipinski definition) is 3.